The summed E-state index contributed by atoms with van der Waals surface area (Å²) >= 11 is 0. The monoisotopic (exact) mass is 272 g/mol. The number of aromatic nitrogens is 3. The lowest BCUT2D eigenvalue weighted by molar-refractivity contribution is 0.137. The van der Waals surface area contributed by atoms with Gasteiger partial charge in [-0.3, -0.25) is 5.10 Å². The minimum atomic E-state index is -0.102. The molecule has 0 fully saturated rings. The Hall–Kier alpha value is -1.88. The Balaban J connectivity index is 1.72. The van der Waals surface area contributed by atoms with Gasteiger partial charge in [-0.05, 0) is 26.3 Å². The highest BCUT2D eigenvalue weighted by Crippen LogP contribution is 2.37. The third-order valence-electron chi connectivity index (χ3n) is 3.62. The first-order valence-electron chi connectivity index (χ1n) is 6.93. The number of nitrogens with zero attached hydrogens (tertiary/aromatic N) is 2. The highest BCUT2D eigenvalue weighted by atomic mass is 16.5. The topological polar surface area (TPSA) is 62.8 Å². The molecule has 106 valence electrons. The molecule has 0 saturated heterocycles. The van der Waals surface area contributed by atoms with Gasteiger partial charge in [-0.25, -0.2) is 4.98 Å². The van der Waals surface area contributed by atoms with Crippen LogP contribution in [-0.2, 0) is 13.0 Å². The van der Waals surface area contributed by atoms with E-state index < -0.39 is 0 Å². The SMILES string of the molecule is CC(NCc1cccc2c1OC(C)(C)C2)c1ncn[nH]1. The first kappa shape index (κ1) is 13.1. The van der Waals surface area contributed by atoms with Crippen molar-refractivity contribution in [2.75, 3.05) is 0 Å². The lowest BCUT2D eigenvalue weighted by Gasteiger charge is -2.19. The van der Waals surface area contributed by atoms with E-state index in [1.54, 1.807) is 0 Å². The molecular weight excluding hydrogens is 252 g/mol. The summed E-state index contributed by atoms with van der Waals surface area (Å²) in [6.45, 7) is 7.07. The van der Waals surface area contributed by atoms with Gasteiger partial charge in [0.1, 0.15) is 23.5 Å². The van der Waals surface area contributed by atoms with Gasteiger partial charge in [0.25, 0.3) is 0 Å². The highest BCUT2D eigenvalue weighted by molar-refractivity contribution is 5.45. The molecule has 1 aromatic carbocycles. The van der Waals surface area contributed by atoms with E-state index in [4.69, 9.17) is 4.74 Å². The van der Waals surface area contributed by atoms with E-state index in [-0.39, 0.29) is 11.6 Å². The van der Waals surface area contributed by atoms with Crippen LogP contribution in [-0.4, -0.2) is 20.8 Å². The number of para-hydroxylation sites is 1. The molecule has 1 aromatic heterocycles. The standard InChI is InChI=1S/C15H20N4O/c1-10(14-17-9-18-19-14)16-8-12-6-4-5-11-7-15(2,3)20-13(11)12/h4-6,9-10,16H,7-8H2,1-3H3,(H,17,18,19). The third kappa shape index (κ3) is 2.54. The molecule has 20 heavy (non-hydrogen) atoms. The molecule has 2 aromatic rings. The van der Waals surface area contributed by atoms with Crippen LogP contribution < -0.4 is 10.1 Å². The first-order valence-corrected chi connectivity index (χ1v) is 6.93. The van der Waals surface area contributed by atoms with E-state index >= 15 is 0 Å². The van der Waals surface area contributed by atoms with Crippen LogP contribution in [0, 0.1) is 0 Å². The molecule has 0 amide bonds. The number of fused-ring (bicyclic) bond motifs is 1. The molecule has 0 saturated carbocycles. The summed E-state index contributed by atoms with van der Waals surface area (Å²) < 4.78 is 6.07. The summed E-state index contributed by atoms with van der Waals surface area (Å²) in [4.78, 5) is 4.16. The van der Waals surface area contributed by atoms with Crippen LogP contribution in [0.5, 0.6) is 5.75 Å². The zero-order valence-electron chi connectivity index (χ0n) is 12.1. The molecule has 0 spiro atoms. The van der Waals surface area contributed by atoms with E-state index in [9.17, 15) is 0 Å². The number of H-pyrrole nitrogens is 1. The van der Waals surface area contributed by atoms with Gasteiger partial charge in [-0.15, -0.1) is 0 Å². The lowest BCUT2D eigenvalue weighted by Crippen LogP contribution is -2.25. The van der Waals surface area contributed by atoms with Crippen molar-refractivity contribution in [2.45, 2.75) is 45.4 Å². The molecule has 0 radical (unpaired) electrons. The quantitative estimate of drug-likeness (QED) is 0.897. The summed E-state index contributed by atoms with van der Waals surface area (Å²) in [5.74, 6) is 1.88. The van der Waals surface area contributed by atoms with Crippen LogP contribution >= 0.6 is 0 Å². The Morgan fingerprint density at radius 1 is 1.45 bits per heavy atom. The van der Waals surface area contributed by atoms with Crippen LogP contribution in [0.4, 0.5) is 0 Å². The molecule has 5 nitrogen and oxygen atoms in total. The number of ether oxygens (including phenoxy) is 1. The van der Waals surface area contributed by atoms with Gasteiger partial charge in [-0.2, -0.15) is 5.10 Å². The lowest BCUT2D eigenvalue weighted by atomic mass is 10.0. The number of benzene rings is 1. The zero-order valence-corrected chi connectivity index (χ0v) is 12.1. The van der Waals surface area contributed by atoms with Crippen molar-refractivity contribution in [1.82, 2.24) is 20.5 Å². The van der Waals surface area contributed by atoms with Crippen molar-refractivity contribution in [1.29, 1.82) is 0 Å². The maximum Gasteiger partial charge on any atom is 0.141 e. The van der Waals surface area contributed by atoms with Crippen LogP contribution in [0.3, 0.4) is 0 Å². The largest absolute Gasteiger partial charge is 0.487 e. The fraction of sp³-hybridized carbons (Fsp3) is 0.467. The van der Waals surface area contributed by atoms with Crippen LogP contribution in [0.15, 0.2) is 24.5 Å². The number of rotatable bonds is 4. The molecule has 2 heterocycles. The van der Waals surface area contributed by atoms with E-state index in [1.807, 2.05) is 0 Å². The van der Waals surface area contributed by atoms with E-state index in [1.165, 1.54) is 17.5 Å². The van der Waals surface area contributed by atoms with Crippen molar-refractivity contribution in [2.24, 2.45) is 0 Å². The Morgan fingerprint density at radius 3 is 3.05 bits per heavy atom. The van der Waals surface area contributed by atoms with Crippen molar-refractivity contribution in [3.05, 3.63) is 41.5 Å². The predicted octanol–water partition coefficient (Wildman–Crippen LogP) is 2.37. The molecule has 3 rings (SSSR count). The minimum absolute atomic E-state index is 0.102. The van der Waals surface area contributed by atoms with Crippen molar-refractivity contribution in [3.63, 3.8) is 0 Å². The molecule has 1 aliphatic rings. The smallest absolute Gasteiger partial charge is 0.141 e. The second kappa shape index (κ2) is 4.90. The average molecular weight is 272 g/mol. The number of nitrogens with one attached hydrogen (secondary N) is 2. The molecule has 0 aliphatic carbocycles. The second-order valence-electron chi connectivity index (χ2n) is 5.92. The van der Waals surface area contributed by atoms with Crippen LogP contribution in [0.25, 0.3) is 0 Å². The minimum Gasteiger partial charge on any atom is -0.487 e. The Bertz CT molecular complexity index is 592. The predicted molar refractivity (Wildman–Crippen MR) is 76.5 cm³/mol. The Morgan fingerprint density at radius 2 is 2.30 bits per heavy atom. The van der Waals surface area contributed by atoms with Gasteiger partial charge in [0.2, 0.25) is 0 Å². The fourth-order valence-electron chi connectivity index (χ4n) is 2.60. The van der Waals surface area contributed by atoms with Gasteiger partial charge in [0.15, 0.2) is 0 Å². The normalized spacial score (nSPS) is 17.6. The molecule has 2 N–H and O–H groups in total. The second-order valence-corrected chi connectivity index (χ2v) is 5.92. The summed E-state index contributed by atoms with van der Waals surface area (Å²) in [6.07, 6.45) is 2.49. The highest BCUT2D eigenvalue weighted by Gasteiger charge is 2.31. The Labute approximate surface area is 118 Å². The maximum absolute atomic E-state index is 6.07. The summed E-state index contributed by atoms with van der Waals surface area (Å²) in [5, 5.41) is 10.2. The molecule has 1 unspecified atom stereocenters. The van der Waals surface area contributed by atoms with Gasteiger partial charge in [0, 0.05) is 18.5 Å². The average Bonchev–Trinajstić information content (AvgIpc) is 3.01. The summed E-state index contributed by atoms with van der Waals surface area (Å²) in [5.41, 5.74) is 2.38. The van der Waals surface area contributed by atoms with Gasteiger partial charge in [-0.1, -0.05) is 18.2 Å². The Kier molecular flexibility index (Phi) is 3.22. The first-order chi connectivity index (χ1) is 9.55. The molecule has 1 aliphatic heterocycles. The van der Waals surface area contributed by atoms with Gasteiger partial charge < -0.3 is 10.1 Å². The number of hydrogen-bond donors (Lipinski definition) is 2. The maximum atomic E-state index is 6.07. The van der Waals surface area contributed by atoms with E-state index in [0.29, 0.717) is 0 Å². The van der Waals surface area contributed by atoms with Crippen molar-refractivity contribution in [3.8, 4) is 5.75 Å². The molecular formula is C15H20N4O. The number of hydrogen-bond acceptors (Lipinski definition) is 4. The van der Waals surface area contributed by atoms with Crippen LogP contribution in [0.1, 0.15) is 43.8 Å². The van der Waals surface area contributed by atoms with Crippen molar-refractivity contribution >= 4 is 0 Å². The molecule has 0 bridgehead atoms. The fourth-order valence-corrected chi connectivity index (χ4v) is 2.60. The third-order valence-corrected chi connectivity index (χ3v) is 3.62. The van der Waals surface area contributed by atoms with Crippen LogP contribution in [0.2, 0.25) is 0 Å². The molecule has 1 atom stereocenters. The van der Waals surface area contributed by atoms with Gasteiger partial charge in [0.05, 0.1) is 6.04 Å². The summed E-state index contributed by atoms with van der Waals surface area (Å²) in [7, 11) is 0. The number of aromatic amines is 1. The zero-order chi connectivity index (χ0) is 14.2. The molecule has 5 heteroatoms. The van der Waals surface area contributed by atoms with E-state index in [0.717, 1.165) is 24.5 Å². The summed E-state index contributed by atoms with van der Waals surface area (Å²) in [6, 6.07) is 6.48. The van der Waals surface area contributed by atoms with Crippen molar-refractivity contribution < 1.29 is 4.74 Å². The van der Waals surface area contributed by atoms with Gasteiger partial charge >= 0.3 is 0 Å². The van der Waals surface area contributed by atoms with E-state index in [2.05, 4.69) is 59.5 Å².